The molecule has 1 aromatic carbocycles. The van der Waals surface area contributed by atoms with Crippen molar-refractivity contribution in [3.8, 4) is 5.75 Å². The van der Waals surface area contributed by atoms with E-state index in [0.29, 0.717) is 23.2 Å². The van der Waals surface area contributed by atoms with Crippen molar-refractivity contribution >= 4 is 38.1 Å². The van der Waals surface area contributed by atoms with E-state index < -0.39 is 46.9 Å². The molecule has 0 radical (unpaired) electrons. The van der Waals surface area contributed by atoms with E-state index in [1.807, 2.05) is 0 Å². The Hall–Kier alpha value is -1.91. The van der Waals surface area contributed by atoms with Gasteiger partial charge in [0.1, 0.15) is 40.6 Å². The Morgan fingerprint density at radius 2 is 2.03 bits per heavy atom. The molecule has 1 saturated heterocycles. The number of ether oxygens (including phenoxy) is 2. The Balaban J connectivity index is 1.87. The van der Waals surface area contributed by atoms with Crippen LogP contribution < -0.4 is 4.74 Å². The molecule has 31 heavy (non-hydrogen) atoms. The third-order valence-electron chi connectivity index (χ3n) is 4.57. The molecule has 5 N–H and O–H groups in total. The molecule has 12 nitrogen and oxygen atoms in total. The summed E-state index contributed by atoms with van der Waals surface area (Å²) in [6, 6.07) is 7.04. The van der Waals surface area contributed by atoms with Gasteiger partial charge in [0.05, 0.1) is 13.7 Å². The first-order valence-electron chi connectivity index (χ1n) is 8.96. The number of H-pyrrole nitrogens is 1. The second kappa shape index (κ2) is 9.70. The number of methoxy groups -OCH3 is 1. The highest BCUT2D eigenvalue weighted by atomic mass is 32.3. The Morgan fingerprint density at radius 3 is 2.68 bits per heavy atom. The fraction of sp³-hybridized carbons (Fsp3) is 0.471. The number of benzene rings is 1. The summed E-state index contributed by atoms with van der Waals surface area (Å²) in [6.45, 7) is -0.637. The number of aromatic nitrogens is 1. The van der Waals surface area contributed by atoms with Crippen LogP contribution in [0.3, 0.4) is 0 Å². The van der Waals surface area contributed by atoms with E-state index in [-0.39, 0.29) is 11.5 Å². The molecule has 1 fully saturated rings. The van der Waals surface area contributed by atoms with Crippen LogP contribution in [0.1, 0.15) is 5.69 Å². The molecule has 0 spiro atoms. The van der Waals surface area contributed by atoms with E-state index in [0.717, 1.165) is 10.9 Å². The van der Waals surface area contributed by atoms with E-state index in [1.165, 1.54) is 7.11 Å². The highest BCUT2D eigenvalue weighted by Gasteiger charge is 2.44. The molecule has 1 aliphatic rings. The van der Waals surface area contributed by atoms with Gasteiger partial charge in [-0.05, 0) is 18.2 Å². The third-order valence-corrected chi connectivity index (χ3v) is 5.94. The number of nitrogens with zero attached hydrogens (tertiary/aromatic N) is 1. The van der Waals surface area contributed by atoms with Crippen LogP contribution in [0.5, 0.6) is 5.75 Å². The molecular weight excluding hydrogens is 456 g/mol. The number of hydrogen-bond donors (Lipinski definition) is 5. The van der Waals surface area contributed by atoms with Crippen molar-refractivity contribution in [3.05, 3.63) is 30.0 Å². The minimum atomic E-state index is -5.15. The van der Waals surface area contributed by atoms with Crippen molar-refractivity contribution in [3.63, 3.8) is 0 Å². The number of rotatable bonds is 7. The molecule has 0 aliphatic carbocycles. The molecule has 0 amide bonds. The standard InChI is InChI=1S/C17H22N2O10S2/c1-27-11-4-2-3-10-9(11)5-8(18-10)6-13(19-29-31(24,25)26)30-17-16(23)15(22)14(21)12(7-20)28-17/h2-5,12,14-18,20-23H,6-7H2,1H3,(H,24,25,26)/p-1. The van der Waals surface area contributed by atoms with E-state index in [1.54, 1.807) is 24.3 Å². The number of hydrogen-bond acceptors (Lipinski definition) is 12. The smallest absolute Gasteiger partial charge is 0.284 e. The third kappa shape index (κ3) is 5.67. The molecule has 1 aliphatic heterocycles. The molecule has 5 unspecified atom stereocenters. The van der Waals surface area contributed by atoms with Crippen molar-refractivity contribution in [2.45, 2.75) is 36.3 Å². The number of oxime groups is 1. The van der Waals surface area contributed by atoms with Crippen molar-refractivity contribution in [2.24, 2.45) is 5.16 Å². The monoisotopic (exact) mass is 477 g/mol. The number of aliphatic hydroxyl groups is 4. The van der Waals surface area contributed by atoms with Gasteiger partial charge in [0.2, 0.25) is 0 Å². The molecule has 3 rings (SSSR count). The van der Waals surface area contributed by atoms with Crippen molar-refractivity contribution in [2.75, 3.05) is 13.7 Å². The van der Waals surface area contributed by atoms with E-state index in [9.17, 15) is 33.4 Å². The summed E-state index contributed by atoms with van der Waals surface area (Å²) in [6.07, 6.45) is -6.02. The van der Waals surface area contributed by atoms with Gasteiger partial charge in [-0.15, -0.1) is 0 Å². The number of aromatic amines is 1. The molecule has 1 aromatic heterocycles. The Bertz CT molecular complexity index is 1040. The summed E-state index contributed by atoms with van der Waals surface area (Å²) in [5, 5.41) is 43.4. The first kappa shape index (κ1) is 23.7. The maximum atomic E-state index is 10.9. The van der Waals surface area contributed by atoms with Gasteiger partial charge in [-0.3, -0.25) is 4.28 Å². The fourth-order valence-corrected chi connectivity index (χ4v) is 4.42. The molecule has 0 bridgehead atoms. The first-order valence-corrected chi connectivity index (χ1v) is 11.2. The summed E-state index contributed by atoms with van der Waals surface area (Å²) in [7, 11) is -3.64. The van der Waals surface area contributed by atoms with Crippen LogP contribution >= 0.6 is 11.8 Å². The maximum absolute atomic E-state index is 10.9. The summed E-state index contributed by atoms with van der Waals surface area (Å²) in [5.74, 6) is 0.596. The van der Waals surface area contributed by atoms with Crippen molar-refractivity contribution < 1.29 is 47.2 Å². The van der Waals surface area contributed by atoms with Crippen LogP contribution in [0.15, 0.2) is 29.4 Å². The average Bonchev–Trinajstić information content (AvgIpc) is 3.14. The summed E-state index contributed by atoms with van der Waals surface area (Å²) in [4.78, 5) is 3.09. The highest BCUT2D eigenvalue weighted by molar-refractivity contribution is 8.14. The second-order valence-corrected chi connectivity index (χ2v) is 8.81. The molecule has 172 valence electrons. The SMILES string of the molecule is COc1cccc2[nH]c(CC(=NOS(=O)(=O)[O-])SC3OC(CO)C(O)C(O)C3O)cc12. The van der Waals surface area contributed by atoms with Crippen molar-refractivity contribution in [1.29, 1.82) is 0 Å². The van der Waals surface area contributed by atoms with Crippen LogP contribution in [0.25, 0.3) is 10.9 Å². The summed E-state index contributed by atoms with van der Waals surface area (Å²) < 4.78 is 47.3. The average molecular weight is 477 g/mol. The van der Waals surface area contributed by atoms with Crippen molar-refractivity contribution in [1.82, 2.24) is 4.98 Å². The topological polar surface area (TPSA) is 194 Å². The number of nitrogens with one attached hydrogen (secondary N) is 1. The second-order valence-electron chi connectivity index (χ2n) is 6.68. The zero-order valence-corrected chi connectivity index (χ0v) is 17.7. The van der Waals surface area contributed by atoms with Gasteiger partial charge in [0.25, 0.3) is 10.4 Å². The number of fused-ring (bicyclic) bond motifs is 1. The van der Waals surface area contributed by atoms with Gasteiger partial charge in [0.15, 0.2) is 0 Å². The van der Waals surface area contributed by atoms with Crippen LogP contribution in [-0.2, 0) is 25.8 Å². The molecule has 5 atom stereocenters. The van der Waals surface area contributed by atoms with Gasteiger partial charge in [-0.1, -0.05) is 23.0 Å². The Morgan fingerprint density at radius 1 is 1.29 bits per heavy atom. The first-order chi connectivity index (χ1) is 14.6. The quantitative estimate of drug-likeness (QED) is 0.108. The predicted molar refractivity (Wildman–Crippen MR) is 108 cm³/mol. The minimum absolute atomic E-state index is 0.0625. The number of aliphatic hydroxyl groups excluding tert-OH is 4. The lowest BCUT2D eigenvalue weighted by atomic mass is 10.0. The van der Waals surface area contributed by atoms with Crippen LogP contribution in [0.2, 0.25) is 0 Å². The maximum Gasteiger partial charge on any atom is 0.284 e. The Labute approximate surface area is 181 Å². The molecule has 2 heterocycles. The molecule has 0 saturated carbocycles. The largest absolute Gasteiger partial charge is 0.714 e. The summed E-state index contributed by atoms with van der Waals surface area (Å²) >= 11 is 0.670. The van der Waals surface area contributed by atoms with Crippen LogP contribution in [0, 0.1) is 0 Å². The lowest BCUT2D eigenvalue weighted by Crippen LogP contribution is -2.57. The van der Waals surface area contributed by atoms with Gasteiger partial charge in [-0.25, -0.2) is 0 Å². The minimum Gasteiger partial charge on any atom is -0.714 e. The van der Waals surface area contributed by atoms with Gasteiger partial charge in [-0.2, -0.15) is 8.42 Å². The van der Waals surface area contributed by atoms with Gasteiger partial charge in [0, 0.05) is 23.0 Å². The zero-order chi connectivity index (χ0) is 22.8. The zero-order valence-electron chi connectivity index (χ0n) is 16.1. The van der Waals surface area contributed by atoms with E-state index in [4.69, 9.17) is 9.47 Å². The molecular formula is C17H21N2O10S2-. The Kier molecular flexibility index (Phi) is 7.43. The lowest BCUT2D eigenvalue weighted by molar-refractivity contribution is -0.205. The normalized spacial score (nSPS) is 27.4. The van der Waals surface area contributed by atoms with Crippen LogP contribution in [0.4, 0.5) is 0 Å². The molecule has 2 aromatic rings. The highest BCUT2D eigenvalue weighted by Crippen LogP contribution is 2.31. The number of thioether (sulfide) groups is 1. The molecule has 14 heteroatoms. The fourth-order valence-electron chi connectivity index (χ4n) is 3.10. The lowest BCUT2D eigenvalue weighted by Gasteiger charge is -2.39. The van der Waals surface area contributed by atoms with Gasteiger partial charge < -0.3 is 39.4 Å². The van der Waals surface area contributed by atoms with Gasteiger partial charge >= 0.3 is 0 Å². The summed E-state index contributed by atoms with van der Waals surface area (Å²) in [5.41, 5.74) is 0.0253. The van der Waals surface area contributed by atoms with Crippen LogP contribution in [-0.4, -0.2) is 87.0 Å². The predicted octanol–water partition coefficient (Wildman–Crippen LogP) is -0.958. The van der Waals surface area contributed by atoms with E-state index >= 15 is 0 Å². The van der Waals surface area contributed by atoms with E-state index in [2.05, 4.69) is 14.4 Å².